The number of carboxylic acids is 1. The van der Waals surface area contributed by atoms with Crippen LogP contribution in [0.15, 0.2) is 48.5 Å². The number of aliphatic hydroxyl groups excluding tert-OH is 1. The number of hydrogen-bond acceptors (Lipinski definition) is 5. The minimum absolute atomic E-state index is 0.00730. The number of carboxylic acid groups (broad SMARTS) is 1. The fourth-order valence-corrected chi connectivity index (χ4v) is 3.71. The van der Waals surface area contributed by atoms with E-state index in [0.717, 1.165) is 22.3 Å². The zero-order chi connectivity index (χ0) is 22.4. The van der Waals surface area contributed by atoms with Gasteiger partial charge in [-0.25, -0.2) is 9.59 Å². The molecule has 0 radical (unpaired) electrons. The van der Waals surface area contributed by atoms with Crippen molar-refractivity contribution in [2.75, 3.05) is 13.2 Å². The van der Waals surface area contributed by atoms with Crippen molar-refractivity contribution in [1.82, 2.24) is 10.6 Å². The van der Waals surface area contributed by atoms with Crippen LogP contribution in [0.2, 0.25) is 0 Å². The maximum atomic E-state index is 12.2. The number of aliphatic hydroxyl groups is 1. The molecule has 2 atom stereocenters. The first-order chi connectivity index (χ1) is 14.9. The first kappa shape index (κ1) is 22.3. The molecule has 0 spiro atoms. The molecule has 4 N–H and O–H groups in total. The van der Waals surface area contributed by atoms with E-state index in [0.29, 0.717) is 0 Å². The van der Waals surface area contributed by atoms with Gasteiger partial charge < -0.3 is 25.6 Å². The van der Waals surface area contributed by atoms with Crippen LogP contribution in [0.4, 0.5) is 4.79 Å². The number of alkyl carbamates (subject to hydrolysis) is 1. The maximum Gasteiger partial charge on any atom is 0.407 e. The van der Waals surface area contributed by atoms with Gasteiger partial charge in [-0.15, -0.1) is 0 Å². The summed E-state index contributed by atoms with van der Waals surface area (Å²) in [6.07, 6.45) is -2.21. The summed E-state index contributed by atoms with van der Waals surface area (Å²) in [7, 11) is 0. The molecule has 0 aromatic heterocycles. The van der Waals surface area contributed by atoms with E-state index >= 15 is 0 Å². The van der Waals surface area contributed by atoms with Gasteiger partial charge in [-0.05, 0) is 29.2 Å². The SMILES string of the molecule is CC(CC(=O)NCCC(O)C(=O)O)NC(=O)OCC1c2ccccc2-c2ccccc21. The van der Waals surface area contributed by atoms with Gasteiger partial charge in [0.1, 0.15) is 6.61 Å². The van der Waals surface area contributed by atoms with Gasteiger partial charge in [0.05, 0.1) is 0 Å². The van der Waals surface area contributed by atoms with Crippen molar-refractivity contribution in [2.45, 2.75) is 37.8 Å². The third kappa shape index (κ3) is 5.61. The summed E-state index contributed by atoms with van der Waals surface area (Å²) < 4.78 is 5.45. The summed E-state index contributed by atoms with van der Waals surface area (Å²) in [5.74, 6) is -1.74. The lowest BCUT2D eigenvalue weighted by Crippen LogP contribution is -2.38. The van der Waals surface area contributed by atoms with Crippen LogP contribution in [0.3, 0.4) is 0 Å². The van der Waals surface area contributed by atoms with E-state index in [2.05, 4.69) is 22.8 Å². The minimum atomic E-state index is -1.52. The van der Waals surface area contributed by atoms with E-state index in [1.54, 1.807) is 6.92 Å². The topological polar surface area (TPSA) is 125 Å². The molecule has 1 aliphatic carbocycles. The van der Waals surface area contributed by atoms with Crippen molar-refractivity contribution < 1.29 is 29.3 Å². The molecule has 164 valence electrons. The lowest BCUT2D eigenvalue weighted by atomic mass is 9.98. The largest absolute Gasteiger partial charge is 0.479 e. The number of carbonyl (C=O) groups is 3. The Hall–Kier alpha value is -3.39. The number of benzene rings is 2. The molecule has 3 rings (SSSR count). The van der Waals surface area contributed by atoms with Crippen molar-refractivity contribution in [3.8, 4) is 11.1 Å². The van der Waals surface area contributed by atoms with Gasteiger partial charge in [-0.3, -0.25) is 4.79 Å². The van der Waals surface area contributed by atoms with Crippen LogP contribution in [-0.2, 0) is 14.3 Å². The van der Waals surface area contributed by atoms with Crippen LogP contribution in [0, 0.1) is 0 Å². The normalized spacial score (nSPS) is 14.1. The van der Waals surface area contributed by atoms with E-state index in [4.69, 9.17) is 9.84 Å². The Morgan fingerprint density at radius 3 is 2.19 bits per heavy atom. The molecule has 31 heavy (non-hydrogen) atoms. The molecule has 0 heterocycles. The molecule has 2 aromatic carbocycles. The zero-order valence-electron chi connectivity index (χ0n) is 17.2. The summed E-state index contributed by atoms with van der Waals surface area (Å²) in [5, 5.41) is 22.9. The zero-order valence-corrected chi connectivity index (χ0v) is 17.2. The average Bonchev–Trinajstić information content (AvgIpc) is 3.05. The Bertz CT molecular complexity index is 915. The standard InChI is InChI=1S/C23H26N2O6/c1-14(12-21(27)24-11-10-20(26)22(28)29)25-23(30)31-13-19-17-8-4-2-6-15(17)16-7-3-5-9-18(16)19/h2-9,14,19-20,26H,10-13H2,1H3,(H,24,27)(H,25,30)(H,28,29). The second-order valence-electron chi connectivity index (χ2n) is 7.57. The Labute approximate surface area is 180 Å². The minimum Gasteiger partial charge on any atom is -0.479 e. The van der Waals surface area contributed by atoms with Crippen LogP contribution < -0.4 is 10.6 Å². The molecular weight excluding hydrogens is 400 g/mol. The highest BCUT2D eigenvalue weighted by atomic mass is 16.5. The molecule has 2 unspecified atom stereocenters. The number of carbonyl (C=O) groups excluding carboxylic acids is 2. The number of ether oxygens (including phenoxy) is 1. The number of nitrogens with one attached hydrogen (secondary N) is 2. The van der Waals surface area contributed by atoms with E-state index in [9.17, 15) is 19.5 Å². The highest BCUT2D eigenvalue weighted by Crippen LogP contribution is 2.44. The van der Waals surface area contributed by atoms with Crippen LogP contribution in [-0.4, -0.2) is 53.5 Å². The van der Waals surface area contributed by atoms with Crippen LogP contribution in [0.25, 0.3) is 11.1 Å². The molecule has 2 amide bonds. The molecule has 0 saturated carbocycles. The highest BCUT2D eigenvalue weighted by molar-refractivity contribution is 5.79. The number of aliphatic carboxylic acids is 1. The lowest BCUT2D eigenvalue weighted by molar-refractivity contribution is -0.147. The van der Waals surface area contributed by atoms with Gasteiger partial charge in [0, 0.05) is 31.3 Å². The molecule has 0 fully saturated rings. The molecule has 0 bridgehead atoms. The van der Waals surface area contributed by atoms with Crippen molar-refractivity contribution in [3.05, 3.63) is 59.7 Å². The third-order valence-electron chi connectivity index (χ3n) is 5.22. The number of rotatable bonds is 9. The smallest absolute Gasteiger partial charge is 0.407 e. The Morgan fingerprint density at radius 2 is 1.61 bits per heavy atom. The van der Waals surface area contributed by atoms with Gasteiger partial charge >= 0.3 is 12.1 Å². The van der Waals surface area contributed by atoms with E-state index in [1.165, 1.54) is 0 Å². The third-order valence-corrected chi connectivity index (χ3v) is 5.22. The summed E-state index contributed by atoms with van der Waals surface area (Å²) in [4.78, 5) is 34.7. The van der Waals surface area contributed by atoms with Crippen molar-refractivity contribution in [1.29, 1.82) is 0 Å². The van der Waals surface area contributed by atoms with Gasteiger partial charge in [-0.2, -0.15) is 0 Å². The predicted octanol–water partition coefficient (Wildman–Crippen LogP) is 2.26. The quantitative estimate of drug-likeness (QED) is 0.487. The van der Waals surface area contributed by atoms with E-state index in [1.807, 2.05) is 36.4 Å². The Balaban J connectivity index is 1.46. The number of fused-ring (bicyclic) bond motifs is 3. The van der Waals surface area contributed by atoms with Gasteiger partial charge in [0.15, 0.2) is 6.10 Å². The van der Waals surface area contributed by atoms with Crippen LogP contribution in [0.5, 0.6) is 0 Å². The second kappa shape index (κ2) is 10.1. The molecule has 8 nitrogen and oxygen atoms in total. The molecule has 0 saturated heterocycles. The molecular formula is C23H26N2O6. The maximum absolute atomic E-state index is 12.2. The van der Waals surface area contributed by atoms with E-state index in [-0.39, 0.29) is 37.8 Å². The van der Waals surface area contributed by atoms with Gasteiger partial charge in [0.2, 0.25) is 5.91 Å². The predicted molar refractivity (Wildman–Crippen MR) is 114 cm³/mol. The fraction of sp³-hybridized carbons (Fsp3) is 0.348. The summed E-state index contributed by atoms with van der Waals surface area (Å²) in [6, 6.07) is 15.6. The first-order valence-corrected chi connectivity index (χ1v) is 10.2. The second-order valence-corrected chi connectivity index (χ2v) is 7.57. The molecule has 1 aliphatic rings. The van der Waals surface area contributed by atoms with Crippen LogP contribution >= 0.6 is 0 Å². The highest BCUT2D eigenvalue weighted by Gasteiger charge is 2.29. The van der Waals surface area contributed by atoms with Crippen molar-refractivity contribution >= 4 is 18.0 Å². The van der Waals surface area contributed by atoms with Crippen LogP contribution in [0.1, 0.15) is 36.8 Å². The lowest BCUT2D eigenvalue weighted by Gasteiger charge is -2.17. The van der Waals surface area contributed by atoms with E-state index < -0.39 is 24.2 Å². The number of hydrogen-bond donors (Lipinski definition) is 4. The Kier molecular flexibility index (Phi) is 7.25. The fourth-order valence-electron chi connectivity index (χ4n) is 3.71. The van der Waals surface area contributed by atoms with Gasteiger partial charge in [0.25, 0.3) is 0 Å². The first-order valence-electron chi connectivity index (χ1n) is 10.2. The summed E-state index contributed by atoms with van der Waals surface area (Å²) in [5.41, 5.74) is 4.52. The molecule has 8 heteroatoms. The van der Waals surface area contributed by atoms with Gasteiger partial charge in [-0.1, -0.05) is 48.5 Å². The monoisotopic (exact) mass is 426 g/mol. The molecule has 2 aromatic rings. The number of amides is 2. The van der Waals surface area contributed by atoms with Crippen molar-refractivity contribution in [3.63, 3.8) is 0 Å². The Morgan fingerprint density at radius 1 is 1.03 bits per heavy atom. The van der Waals surface area contributed by atoms with Crippen molar-refractivity contribution in [2.24, 2.45) is 0 Å². The summed E-state index contributed by atoms with van der Waals surface area (Å²) >= 11 is 0. The molecule has 0 aliphatic heterocycles. The summed E-state index contributed by atoms with van der Waals surface area (Å²) in [6.45, 7) is 1.89. The average molecular weight is 426 g/mol.